The van der Waals surface area contributed by atoms with Crippen LogP contribution in [-0.4, -0.2) is 17.4 Å². The monoisotopic (exact) mass is 269 g/mol. The van der Waals surface area contributed by atoms with E-state index >= 15 is 0 Å². The first-order valence-electron chi connectivity index (χ1n) is 7.33. The molecule has 1 aromatic carbocycles. The van der Waals surface area contributed by atoms with E-state index in [-0.39, 0.29) is 18.3 Å². The van der Waals surface area contributed by atoms with Crippen LogP contribution in [-0.2, 0) is 4.79 Å². The lowest BCUT2D eigenvalue weighted by atomic mass is 9.86. The number of carbonyl (C=O) groups excluding carboxylic acids is 1. The van der Waals surface area contributed by atoms with Gasteiger partial charge in [0.15, 0.2) is 5.78 Å². The van der Waals surface area contributed by atoms with Gasteiger partial charge < -0.3 is 4.74 Å². The number of pyridine rings is 1. The number of carbonyl (C=O) groups is 1. The van der Waals surface area contributed by atoms with Crippen molar-refractivity contribution in [1.82, 2.24) is 4.98 Å². The molecule has 1 heterocycles. The summed E-state index contributed by atoms with van der Waals surface area (Å²) in [6, 6.07) is 9.69. The number of fused-ring (bicyclic) bond motifs is 1. The third-order valence-electron chi connectivity index (χ3n) is 4.02. The van der Waals surface area contributed by atoms with Crippen molar-refractivity contribution in [3.8, 4) is 5.75 Å². The van der Waals surface area contributed by atoms with Gasteiger partial charge in [-0.1, -0.05) is 25.3 Å². The Bertz CT molecular complexity index is 603. The van der Waals surface area contributed by atoms with E-state index in [0.29, 0.717) is 0 Å². The number of nitrogens with zero attached hydrogens (tertiary/aromatic N) is 1. The average molecular weight is 269 g/mol. The van der Waals surface area contributed by atoms with Crippen LogP contribution >= 0.6 is 0 Å². The predicted molar refractivity (Wildman–Crippen MR) is 78.8 cm³/mol. The zero-order chi connectivity index (χ0) is 13.8. The Hall–Kier alpha value is -1.90. The van der Waals surface area contributed by atoms with Crippen LogP contribution in [0.5, 0.6) is 5.75 Å². The molecule has 0 radical (unpaired) electrons. The van der Waals surface area contributed by atoms with Crippen LogP contribution < -0.4 is 4.74 Å². The molecule has 1 aromatic heterocycles. The minimum Gasteiger partial charge on any atom is -0.486 e. The smallest absolute Gasteiger partial charge is 0.173 e. The van der Waals surface area contributed by atoms with Gasteiger partial charge in [-0.2, -0.15) is 0 Å². The highest BCUT2D eigenvalue weighted by molar-refractivity contribution is 5.83. The maximum atomic E-state index is 12.1. The number of Topliss-reactive ketones (excluding diaryl/α,β-unsaturated/α-hetero) is 1. The van der Waals surface area contributed by atoms with Gasteiger partial charge >= 0.3 is 0 Å². The molecule has 1 fully saturated rings. The molecule has 0 amide bonds. The third kappa shape index (κ3) is 2.98. The molecule has 20 heavy (non-hydrogen) atoms. The Morgan fingerprint density at radius 2 is 2.05 bits per heavy atom. The number of benzene rings is 1. The largest absolute Gasteiger partial charge is 0.486 e. The van der Waals surface area contributed by atoms with Crippen molar-refractivity contribution in [2.24, 2.45) is 5.92 Å². The standard InChI is InChI=1S/C17H19NO2/c19-17(14-5-2-1-3-6-14)12-20-15-9-8-13-7-4-10-18-16(13)11-15/h4,7-11,14H,1-3,5-6,12H2. The second-order valence-corrected chi connectivity index (χ2v) is 5.45. The van der Waals surface area contributed by atoms with E-state index in [2.05, 4.69) is 4.98 Å². The van der Waals surface area contributed by atoms with E-state index in [1.165, 1.54) is 19.3 Å². The van der Waals surface area contributed by atoms with Crippen LogP contribution in [0.15, 0.2) is 36.5 Å². The van der Waals surface area contributed by atoms with Gasteiger partial charge in [0.25, 0.3) is 0 Å². The highest BCUT2D eigenvalue weighted by Crippen LogP contribution is 2.25. The molecular weight excluding hydrogens is 250 g/mol. The average Bonchev–Trinajstić information content (AvgIpc) is 2.53. The summed E-state index contributed by atoms with van der Waals surface area (Å²) in [7, 11) is 0. The molecular formula is C17H19NO2. The Balaban J connectivity index is 1.62. The summed E-state index contributed by atoms with van der Waals surface area (Å²) < 4.78 is 5.64. The van der Waals surface area contributed by atoms with E-state index < -0.39 is 0 Å². The molecule has 3 rings (SSSR count). The first kappa shape index (κ1) is 13.1. The molecule has 2 aromatic rings. The fourth-order valence-corrected chi connectivity index (χ4v) is 2.83. The van der Waals surface area contributed by atoms with E-state index in [9.17, 15) is 4.79 Å². The van der Waals surface area contributed by atoms with E-state index in [4.69, 9.17) is 4.74 Å². The second-order valence-electron chi connectivity index (χ2n) is 5.45. The highest BCUT2D eigenvalue weighted by atomic mass is 16.5. The van der Waals surface area contributed by atoms with Crippen molar-refractivity contribution in [1.29, 1.82) is 0 Å². The zero-order valence-electron chi connectivity index (χ0n) is 11.5. The van der Waals surface area contributed by atoms with Crippen LogP contribution in [0, 0.1) is 5.92 Å². The quantitative estimate of drug-likeness (QED) is 0.848. The summed E-state index contributed by atoms with van der Waals surface area (Å²) in [6.45, 7) is 0.184. The van der Waals surface area contributed by atoms with Gasteiger partial charge in [-0.15, -0.1) is 0 Å². The summed E-state index contributed by atoms with van der Waals surface area (Å²) >= 11 is 0. The molecule has 0 saturated heterocycles. The predicted octanol–water partition coefficient (Wildman–Crippen LogP) is 3.76. The Kier molecular flexibility index (Phi) is 3.95. The summed E-state index contributed by atoms with van der Waals surface area (Å²) in [6.07, 6.45) is 7.44. The molecule has 1 aliphatic carbocycles. The summed E-state index contributed by atoms with van der Waals surface area (Å²) in [4.78, 5) is 16.4. The molecule has 0 aliphatic heterocycles. The van der Waals surface area contributed by atoms with Crippen molar-refractivity contribution in [2.45, 2.75) is 32.1 Å². The molecule has 0 unspecified atom stereocenters. The summed E-state index contributed by atoms with van der Waals surface area (Å²) in [5, 5.41) is 1.08. The first-order chi connectivity index (χ1) is 9.83. The normalized spacial score (nSPS) is 16.2. The molecule has 0 N–H and O–H groups in total. The van der Waals surface area contributed by atoms with Gasteiger partial charge in [0.2, 0.25) is 0 Å². The second kappa shape index (κ2) is 6.04. The van der Waals surface area contributed by atoms with E-state index in [1.807, 2.05) is 30.3 Å². The van der Waals surface area contributed by atoms with Crippen LogP contribution in [0.4, 0.5) is 0 Å². The van der Waals surface area contributed by atoms with Crippen LogP contribution in [0.25, 0.3) is 10.9 Å². The minimum absolute atomic E-state index is 0.184. The van der Waals surface area contributed by atoms with Crippen molar-refractivity contribution < 1.29 is 9.53 Å². The summed E-state index contributed by atoms with van der Waals surface area (Å²) in [5.41, 5.74) is 0.898. The highest BCUT2D eigenvalue weighted by Gasteiger charge is 2.21. The Morgan fingerprint density at radius 1 is 1.20 bits per heavy atom. The Labute approximate surface area is 119 Å². The van der Waals surface area contributed by atoms with Gasteiger partial charge in [0.05, 0.1) is 5.52 Å². The number of ketones is 1. The lowest BCUT2D eigenvalue weighted by Crippen LogP contribution is -2.23. The van der Waals surface area contributed by atoms with Gasteiger partial charge in [0, 0.05) is 23.6 Å². The van der Waals surface area contributed by atoms with E-state index in [0.717, 1.165) is 29.5 Å². The lowest BCUT2D eigenvalue weighted by Gasteiger charge is -2.20. The molecule has 1 aliphatic rings. The van der Waals surface area contributed by atoms with Gasteiger partial charge in [-0.25, -0.2) is 0 Å². The maximum absolute atomic E-state index is 12.1. The fraction of sp³-hybridized carbons (Fsp3) is 0.412. The lowest BCUT2D eigenvalue weighted by molar-refractivity contribution is -0.125. The van der Waals surface area contributed by atoms with Gasteiger partial charge in [-0.05, 0) is 31.0 Å². The number of hydrogen-bond acceptors (Lipinski definition) is 3. The molecule has 104 valence electrons. The van der Waals surface area contributed by atoms with Gasteiger partial charge in [-0.3, -0.25) is 9.78 Å². The molecule has 3 nitrogen and oxygen atoms in total. The molecule has 0 spiro atoms. The Morgan fingerprint density at radius 3 is 2.90 bits per heavy atom. The molecule has 1 saturated carbocycles. The molecule has 3 heteroatoms. The van der Waals surface area contributed by atoms with Crippen molar-refractivity contribution in [2.75, 3.05) is 6.61 Å². The first-order valence-corrected chi connectivity index (χ1v) is 7.33. The maximum Gasteiger partial charge on any atom is 0.173 e. The van der Waals surface area contributed by atoms with Crippen LogP contribution in [0.2, 0.25) is 0 Å². The number of rotatable bonds is 4. The van der Waals surface area contributed by atoms with Crippen molar-refractivity contribution >= 4 is 16.7 Å². The third-order valence-corrected chi connectivity index (χ3v) is 4.02. The number of ether oxygens (including phenoxy) is 1. The summed E-state index contributed by atoms with van der Waals surface area (Å²) in [5.74, 6) is 1.17. The fourth-order valence-electron chi connectivity index (χ4n) is 2.83. The molecule has 0 atom stereocenters. The SMILES string of the molecule is O=C(COc1ccc2cccnc2c1)C1CCCCC1. The van der Waals surface area contributed by atoms with Crippen molar-refractivity contribution in [3.63, 3.8) is 0 Å². The number of aromatic nitrogens is 1. The number of hydrogen-bond donors (Lipinski definition) is 0. The van der Waals surface area contributed by atoms with Crippen LogP contribution in [0.1, 0.15) is 32.1 Å². The van der Waals surface area contributed by atoms with Crippen LogP contribution in [0.3, 0.4) is 0 Å². The topological polar surface area (TPSA) is 39.2 Å². The zero-order valence-corrected chi connectivity index (χ0v) is 11.5. The van der Waals surface area contributed by atoms with Crippen molar-refractivity contribution in [3.05, 3.63) is 36.5 Å². The van der Waals surface area contributed by atoms with Gasteiger partial charge in [0.1, 0.15) is 12.4 Å². The minimum atomic E-state index is 0.184. The molecule has 0 bridgehead atoms. The van der Waals surface area contributed by atoms with E-state index in [1.54, 1.807) is 6.20 Å².